The van der Waals surface area contributed by atoms with E-state index < -0.39 is 0 Å². The standard InChI is InChI=1S/C17H19N2O2/c20-16(14-6-2-1-3-7-14)13-19-11-10-18-12-17(19)21-15-8-4-5-9-15/h1-3,6-7,10-12,15H,4-5,8-9,13H2/q+1. The van der Waals surface area contributed by atoms with Gasteiger partial charge in [-0.1, -0.05) is 30.3 Å². The van der Waals surface area contributed by atoms with Crippen LogP contribution in [0.4, 0.5) is 0 Å². The van der Waals surface area contributed by atoms with Gasteiger partial charge in [0.1, 0.15) is 12.3 Å². The lowest BCUT2D eigenvalue weighted by Crippen LogP contribution is -2.40. The molecule has 1 saturated carbocycles. The Bertz CT molecular complexity index is 607. The van der Waals surface area contributed by atoms with Gasteiger partial charge >= 0.3 is 5.88 Å². The summed E-state index contributed by atoms with van der Waals surface area (Å²) in [5, 5.41) is 0. The molecule has 108 valence electrons. The normalized spacial score (nSPS) is 15.0. The van der Waals surface area contributed by atoms with Crippen molar-refractivity contribution in [1.29, 1.82) is 0 Å². The summed E-state index contributed by atoms with van der Waals surface area (Å²) in [5.74, 6) is 0.747. The SMILES string of the molecule is O=C(C[n+]1ccncc1OC1CCCC1)c1ccccc1. The van der Waals surface area contributed by atoms with Crippen LogP contribution in [0, 0.1) is 0 Å². The third kappa shape index (κ3) is 3.45. The summed E-state index contributed by atoms with van der Waals surface area (Å²) in [6, 6.07) is 9.33. The highest BCUT2D eigenvalue weighted by atomic mass is 16.5. The molecule has 0 aliphatic heterocycles. The van der Waals surface area contributed by atoms with E-state index in [-0.39, 0.29) is 18.4 Å². The molecule has 0 N–H and O–H groups in total. The second kappa shape index (κ2) is 6.48. The highest BCUT2D eigenvalue weighted by Gasteiger charge is 2.23. The number of nitrogens with zero attached hydrogens (tertiary/aromatic N) is 2. The van der Waals surface area contributed by atoms with E-state index in [0.717, 1.165) is 12.8 Å². The van der Waals surface area contributed by atoms with Crippen molar-refractivity contribution in [3.63, 3.8) is 0 Å². The van der Waals surface area contributed by atoms with Gasteiger partial charge in [0.25, 0.3) is 0 Å². The maximum absolute atomic E-state index is 12.3. The Balaban J connectivity index is 1.74. The molecule has 1 aromatic carbocycles. The molecule has 2 aromatic rings. The lowest BCUT2D eigenvalue weighted by Gasteiger charge is -2.10. The lowest BCUT2D eigenvalue weighted by atomic mass is 10.1. The number of ketones is 1. The van der Waals surface area contributed by atoms with E-state index >= 15 is 0 Å². The fourth-order valence-electron chi connectivity index (χ4n) is 2.65. The zero-order chi connectivity index (χ0) is 14.5. The maximum atomic E-state index is 12.3. The van der Waals surface area contributed by atoms with Crippen molar-refractivity contribution in [3.05, 3.63) is 54.5 Å². The summed E-state index contributed by atoms with van der Waals surface area (Å²) in [6.45, 7) is 0.272. The van der Waals surface area contributed by atoms with Gasteiger partial charge in [-0.05, 0) is 25.7 Å². The first kappa shape index (κ1) is 13.7. The Hall–Kier alpha value is -2.23. The molecule has 0 radical (unpaired) electrons. The van der Waals surface area contributed by atoms with Gasteiger partial charge in [0.15, 0.2) is 6.20 Å². The highest BCUT2D eigenvalue weighted by Crippen LogP contribution is 2.21. The molecular formula is C17H19N2O2+. The molecule has 4 nitrogen and oxygen atoms in total. The van der Waals surface area contributed by atoms with Gasteiger partial charge in [0.2, 0.25) is 12.3 Å². The van der Waals surface area contributed by atoms with E-state index in [1.54, 1.807) is 18.6 Å². The Morgan fingerprint density at radius 2 is 2.00 bits per heavy atom. The number of carbonyl (C=O) groups is 1. The quantitative estimate of drug-likeness (QED) is 0.625. The van der Waals surface area contributed by atoms with Crippen molar-refractivity contribution in [1.82, 2.24) is 4.98 Å². The van der Waals surface area contributed by atoms with Crippen molar-refractivity contribution in [2.45, 2.75) is 38.3 Å². The lowest BCUT2D eigenvalue weighted by molar-refractivity contribution is -0.689. The van der Waals surface area contributed by atoms with Gasteiger partial charge in [-0.15, -0.1) is 0 Å². The molecule has 1 fully saturated rings. The van der Waals surface area contributed by atoms with Crippen LogP contribution in [0.3, 0.4) is 0 Å². The summed E-state index contributed by atoms with van der Waals surface area (Å²) in [6.07, 6.45) is 10.0. The summed E-state index contributed by atoms with van der Waals surface area (Å²) >= 11 is 0. The average Bonchev–Trinajstić information content (AvgIpc) is 3.03. The zero-order valence-electron chi connectivity index (χ0n) is 11.9. The molecule has 1 aliphatic rings. The van der Waals surface area contributed by atoms with Crippen LogP contribution in [-0.4, -0.2) is 16.9 Å². The Kier molecular flexibility index (Phi) is 4.24. The second-order valence-electron chi connectivity index (χ2n) is 5.36. The Labute approximate surface area is 124 Å². The van der Waals surface area contributed by atoms with Crippen molar-refractivity contribution in [2.75, 3.05) is 0 Å². The van der Waals surface area contributed by atoms with Crippen molar-refractivity contribution < 1.29 is 14.1 Å². The fraction of sp³-hybridized carbons (Fsp3) is 0.353. The molecule has 21 heavy (non-hydrogen) atoms. The largest absolute Gasteiger partial charge is 0.440 e. The van der Waals surface area contributed by atoms with Crippen LogP contribution in [0.2, 0.25) is 0 Å². The molecule has 1 heterocycles. The third-order valence-corrected chi connectivity index (χ3v) is 3.80. The van der Waals surface area contributed by atoms with Gasteiger partial charge in [-0.25, -0.2) is 4.98 Å². The van der Waals surface area contributed by atoms with Crippen molar-refractivity contribution in [3.8, 4) is 5.88 Å². The molecule has 4 heteroatoms. The molecule has 0 saturated heterocycles. The number of benzene rings is 1. The third-order valence-electron chi connectivity index (χ3n) is 3.80. The zero-order valence-corrected chi connectivity index (χ0v) is 11.9. The summed E-state index contributed by atoms with van der Waals surface area (Å²) < 4.78 is 7.83. The Morgan fingerprint density at radius 1 is 1.24 bits per heavy atom. The molecule has 0 spiro atoms. The van der Waals surface area contributed by atoms with E-state index in [2.05, 4.69) is 4.98 Å². The first-order chi connectivity index (χ1) is 10.3. The summed E-state index contributed by atoms with van der Waals surface area (Å²) in [5.41, 5.74) is 0.716. The number of hydrogen-bond acceptors (Lipinski definition) is 3. The van der Waals surface area contributed by atoms with Crippen LogP contribution in [0.15, 0.2) is 48.9 Å². The van der Waals surface area contributed by atoms with Crippen LogP contribution < -0.4 is 9.30 Å². The first-order valence-electron chi connectivity index (χ1n) is 7.41. The Morgan fingerprint density at radius 3 is 2.76 bits per heavy atom. The molecule has 1 aliphatic carbocycles. The number of rotatable bonds is 5. The van der Waals surface area contributed by atoms with Crippen LogP contribution >= 0.6 is 0 Å². The fourth-order valence-corrected chi connectivity index (χ4v) is 2.65. The van der Waals surface area contributed by atoms with Gasteiger partial charge in [-0.3, -0.25) is 4.79 Å². The molecule has 3 rings (SSSR count). The van der Waals surface area contributed by atoms with Gasteiger partial charge < -0.3 is 4.74 Å². The molecular weight excluding hydrogens is 264 g/mol. The molecule has 0 amide bonds. The summed E-state index contributed by atoms with van der Waals surface area (Å²) in [7, 11) is 0. The predicted molar refractivity (Wildman–Crippen MR) is 78.1 cm³/mol. The minimum atomic E-state index is 0.0723. The topological polar surface area (TPSA) is 43.1 Å². The van der Waals surface area contributed by atoms with Crippen LogP contribution in [0.1, 0.15) is 36.0 Å². The van der Waals surface area contributed by atoms with Crippen LogP contribution in [-0.2, 0) is 6.54 Å². The molecule has 0 bridgehead atoms. The second-order valence-corrected chi connectivity index (χ2v) is 5.36. The summed E-state index contributed by atoms with van der Waals surface area (Å²) in [4.78, 5) is 16.4. The van der Waals surface area contributed by atoms with Crippen molar-refractivity contribution in [2.24, 2.45) is 0 Å². The van der Waals surface area contributed by atoms with E-state index in [1.165, 1.54) is 12.8 Å². The van der Waals surface area contributed by atoms with E-state index in [1.807, 2.05) is 34.9 Å². The smallest absolute Gasteiger partial charge is 0.387 e. The van der Waals surface area contributed by atoms with E-state index in [0.29, 0.717) is 11.4 Å². The van der Waals surface area contributed by atoms with Gasteiger partial charge in [0, 0.05) is 5.56 Å². The average molecular weight is 283 g/mol. The minimum absolute atomic E-state index is 0.0723. The van der Waals surface area contributed by atoms with Crippen LogP contribution in [0.25, 0.3) is 0 Å². The number of ether oxygens (including phenoxy) is 1. The number of aromatic nitrogens is 2. The minimum Gasteiger partial charge on any atom is -0.440 e. The van der Waals surface area contributed by atoms with Crippen molar-refractivity contribution >= 4 is 5.78 Å². The number of carbonyl (C=O) groups excluding carboxylic acids is 1. The first-order valence-corrected chi connectivity index (χ1v) is 7.41. The highest BCUT2D eigenvalue weighted by molar-refractivity contribution is 5.94. The molecule has 1 aromatic heterocycles. The monoisotopic (exact) mass is 283 g/mol. The van der Waals surface area contributed by atoms with Gasteiger partial charge in [0.05, 0.1) is 6.20 Å². The molecule has 0 unspecified atom stereocenters. The number of Topliss-reactive ketones (excluding diaryl/α,β-unsaturated/α-hetero) is 1. The number of hydrogen-bond donors (Lipinski definition) is 0. The van der Waals surface area contributed by atoms with Crippen LogP contribution in [0.5, 0.6) is 5.88 Å². The predicted octanol–water partition coefficient (Wildman–Crippen LogP) is 2.57. The van der Waals surface area contributed by atoms with E-state index in [9.17, 15) is 4.79 Å². The van der Waals surface area contributed by atoms with Gasteiger partial charge in [-0.2, -0.15) is 4.57 Å². The maximum Gasteiger partial charge on any atom is 0.387 e. The van der Waals surface area contributed by atoms with E-state index in [4.69, 9.17) is 4.74 Å². The molecule has 0 atom stereocenters.